The SMILES string of the molecule is CCCc1cc(-n2cc(-c3ccc(NC4CCCC4)cn3)cn2)ccn1.[HH]. The molecule has 1 fully saturated rings. The van der Waals surface area contributed by atoms with Crippen LogP contribution in [0.1, 0.15) is 46.1 Å². The lowest BCUT2D eigenvalue weighted by Crippen LogP contribution is -2.14. The Balaban J connectivity index is 0.00000210. The molecule has 0 atom stereocenters. The third-order valence-electron chi connectivity index (χ3n) is 4.94. The highest BCUT2D eigenvalue weighted by molar-refractivity contribution is 5.60. The molecule has 1 saturated carbocycles. The number of nitrogens with one attached hydrogen (secondary N) is 1. The molecule has 136 valence electrons. The van der Waals surface area contributed by atoms with Crippen molar-refractivity contribution in [1.29, 1.82) is 0 Å². The molecular formula is C21H27N5. The first-order valence-corrected chi connectivity index (χ1v) is 9.55. The Hall–Kier alpha value is -2.69. The van der Waals surface area contributed by atoms with E-state index in [1.165, 1.54) is 25.7 Å². The zero-order valence-electron chi connectivity index (χ0n) is 15.2. The van der Waals surface area contributed by atoms with Gasteiger partial charge in [-0.15, -0.1) is 0 Å². The van der Waals surface area contributed by atoms with Gasteiger partial charge >= 0.3 is 0 Å². The Kier molecular flexibility index (Phi) is 4.95. The molecule has 5 nitrogen and oxygen atoms in total. The molecule has 1 N–H and O–H groups in total. The topological polar surface area (TPSA) is 55.6 Å². The molecular weight excluding hydrogens is 322 g/mol. The van der Waals surface area contributed by atoms with Crippen LogP contribution in [0.25, 0.3) is 16.9 Å². The highest BCUT2D eigenvalue weighted by Gasteiger charge is 2.14. The van der Waals surface area contributed by atoms with Crippen molar-refractivity contribution in [3.05, 3.63) is 54.7 Å². The molecule has 0 spiro atoms. The van der Waals surface area contributed by atoms with Gasteiger partial charge in [0, 0.05) is 31.1 Å². The molecule has 5 heteroatoms. The van der Waals surface area contributed by atoms with Crippen molar-refractivity contribution in [3.8, 4) is 16.9 Å². The van der Waals surface area contributed by atoms with Gasteiger partial charge in [0.05, 0.1) is 29.5 Å². The Morgan fingerprint density at radius 1 is 1.15 bits per heavy atom. The minimum Gasteiger partial charge on any atom is -0.381 e. The van der Waals surface area contributed by atoms with Gasteiger partial charge < -0.3 is 5.32 Å². The van der Waals surface area contributed by atoms with Crippen molar-refractivity contribution in [2.24, 2.45) is 0 Å². The van der Waals surface area contributed by atoms with Gasteiger partial charge in [-0.25, -0.2) is 4.68 Å². The number of nitrogens with zero attached hydrogens (tertiary/aromatic N) is 4. The number of anilines is 1. The van der Waals surface area contributed by atoms with Crippen LogP contribution in [0.2, 0.25) is 0 Å². The molecule has 0 amide bonds. The first kappa shape index (κ1) is 16.8. The maximum Gasteiger partial charge on any atom is 0.0735 e. The minimum atomic E-state index is 0. The van der Waals surface area contributed by atoms with Gasteiger partial charge in [0.15, 0.2) is 0 Å². The van der Waals surface area contributed by atoms with E-state index in [9.17, 15) is 0 Å². The van der Waals surface area contributed by atoms with Gasteiger partial charge in [0.1, 0.15) is 0 Å². The van der Waals surface area contributed by atoms with Gasteiger partial charge in [0.2, 0.25) is 0 Å². The van der Waals surface area contributed by atoms with E-state index in [1.54, 1.807) is 0 Å². The molecule has 0 bridgehead atoms. The summed E-state index contributed by atoms with van der Waals surface area (Å²) in [5, 5.41) is 8.08. The molecule has 0 aliphatic heterocycles. The highest BCUT2D eigenvalue weighted by Crippen LogP contribution is 2.24. The number of hydrogen-bond donors (Lipinski definition) is 1. The normalized spacial score (nSPS) is 14.7. The highest BCUT2D eigenvalue weighted by atomic mass is 15.3. The molecule has 0 saturated heterocycles. The van der Waals surface area contributed by atoms with Crippen molar-refractivity contribution in [2.45, 2.75) is 51.5 Å². The first-order valence-electron chi connectivity index (χ1n) is 9.55. The summed E-state index contributed by atoms with van der Waals surface area (Å²) < 4.78 is 1.89. The molecule has 1 aliphatic rings. The van der Waals surface area contributed by atoms with Crippen LogP contribution in [0.4, 0.5) is 5.69 Å². The van der Waals surface area contributed by atoms with E-state index in [0.717, 1.165) is 41.2 Å². The lowest BCUT2D eigenvalue weighted by molar-refractivity contribution is 0.755. The number of aryl methyl sites for hydroxylation is 1. The van der Waals surface area contributed by atoms with E-state index in [-0.39, 0.29) is 1.43 Å². The van der Waals surface area contributed by atoms with E-state index in [0.29, 0.717) is 6.04 Å². The van der Waals surface area contributed by atoms with Crippen molar-refractivity contribution in [3.63, 3.8) is 0 Å². The third kappa shape index (κ3) is 3.77. The van der Waals surface area contributed by atoms with Crippen molar-refractivity contribution in [1.82, 2.24) is 19.7 Å². The van der Waals surface area contributed by atoms with E-state index >= 15 is 0 Å². The van der Waals surface area contributed by atoms with Gasteiger partial charge in [-0.3, -0.25) is 9.97 Å². The summed E-state index contributed by atoms with van der Waals surface area (Å²) in [5.41, 5.74) is 5.20. The molecule has 4 rings (SSSR count). The zero-order valence-corrected chi connectivity index (χ0v) is 15.2. The maximum atomic E-state index is 4.62. The van der Waals surface area contributed by atoms with Crippen LogP contribution < -0.4 is 5.32 Å². The van der Waals surface area contributed by atoms with Crippen LogP contribution >= 0.6 is 0 Å². The summed E-state index contributed by atoms with van der Waals surface area (Å²) in [5.74, 6) is 0. The van der Waals surface area contributed by atoms with Gasteiger partial charge in [0.25, 0.3) is 0 Å². The molecule has 3 aromatic heterocycles. The fourth-order valence-electron chi connectivity index (χ4n) is 3.55. The van der Waals surface area contributed by atoms with E-state index in [2.05, 4.69) is 45.5 Å². The van der Waals surface area contributed by atoms with Crippen LogP contribution in [0.15, 0.2) is 49.1 Å². The average Bonchev–Trinajstić information content (AvgIpc) is 3.35. The first-order chi connectivity index (χ1) is 12.8. The van der Waals surface area contributed by atoms with E-state index in [4.69, 9.17) is 0 Å². The number of hydrogen-bond acceptors (Lipinski definition) is 4. The van der Waals surface area contributed by atoms with Gasteiger partial charge in [-0.05, 0) is 43.5 Å². The largest absolute Gasteiger partial charge is 0.381 e. The Morgan fingerprint density at radius 3 is 2.81 bits per heavy atom. The third-order valence-corrected chi connectivity index (χ3v) is 4.94. The van der Waals surface area contributed by atoms with E-state index < -0.39 is 0 Å². The summed E-state index contributed by atoms with van der Waals surface area (Å²) in [6.45, 7) is 2.16. The second-order valence-corrected chi connectivity index (χ2v) is 6.99. The summed E-state index contributed by atoms with van der Waals surface area (Å²) in [4.78, 5) is 9.03. The molecule has 0 aromatic carbocycles. The quantitative estimate of drug-likeness (QED) is 0.689. The molecule has 26 heavy (non-hydrogen) atoms. The van der Waals surface area contributed by atoms with Gasteiger partial charge in [-0.2, -0.15) is 5.10 Å². The molecule has 0 unspecified atom stereocenters. The predicted molar refractivity (Wildman–Crippen MR) is 107 cm³/mol. The van der Waals surface area contributed by atoms with Gasteiger partial charge in [-0.1, -0.05) is 26.2 Å². The fourth-order valence-corrected chi connectivity index (χ4v) is 3.55. The number of aromatic nitrogens is 4. The Bertz CT molecular complexity index is 853. The fraction of sp³-hybridized carbons (Fsp3) is 0.381. The maximum absolute atomic E-state index is 4.62. The Morgan fingerprint density at radius 2 is 2.04 bits per heavy atom. The van der Waals surface area contributed by atoms with Crippen LogP contribution in [-0.2, 0) is 6.42 Å². The van der Waals surface area contributed by atoms with Crippen molar-refractivity contribution in [2.75, 3.05) is 5.32 Å². The van der Waals surface area contributed by atoms with Crippen LogP contribution in [-0.4, -0.2) is 25.8 Å². The van der Waals surface area contributed by atoms with Crippen LogP contribution in [0.3, 0.4) is 0 Å². The zero-order chi connectivity index (χ0) is 17.8. The summed E-state index contributed by atoms with van der Waals surface area (Å²) >= 11 is 0. The molecule has 1 aliphatic carbocycles. The molecule has 3 heterocycles. The summed E-state index contributed by atoms with van der Waals surface area (Å²) in [6, 6.07) is 8.87. The number of pyridine rings is 2. The van der Waals surface area contributed by atoms with Crippen molar-refractivity contribution < 1.29 is 1.43 Å². The monoisotopic (exact) mass is 349 g/mol. The average molecular weight is 349 g/mol. The second kappa shape index (κ2) is 7.68. The lowest BCUT2D eigenvalue weighted by atomic mass is 10.2. The predicted octanol–water partition coefficient (Wildman–Crippen LogP) is 4.88. The minimum absolute atomic E-state index is 0. The van der Waals surface area contributed by atoms with E-state index in [1.807, 2.05) is 35.5 Å². The lowest BCUT2D eigenvalue weighted by Gasteiger charge is -2.13. The molecule has 0 radical (unpaired) electrons. The summed E-state index contributed by atoms with van der Waals surface area (Å²) in [6.07, 6.45) is 14.9. The van der Waals surface area contributed by atoms with Crippen LogP contribution in [0.5, 0.6) is 0 Å². The number of rotatable bonds is 6. The summed E-state index contributed by atoms with van der Waals surface area (Å²) in [7, 11) is 0. The smallest absolute Gasteiger partial charge is 0.0735 e. The van der Waals surface area contributed by atoms with Crippen molar-refractivity contribution >= 4 is 5.69 Å². The second-order valence-electron chi connectivity index (χ2n) is 6.99. The van der Waals surface area contributed by atoms with Crippen LogP contribution in [0, 0.1) is 0 Å². The standard InChI is InChI=1S/C21H25N5.H2/c1-2-5-18-12-20(10-11-22-18)26-15-16(13-24-26)21-9-8-19(14-23-21)25-17-6-3-4-7-17;/h8-15,17,25H,2-7H2,1H3;1H. The Labute approximate surface area is 156 Å². The molecule has 3 aromatic rings.